The van der Waals surface area contributed by atoms with Crippen LogP contribution in [-0.2, 0) is 19.1 Å². The van der Waals surface area contributed by atoms with E-state index in [4.69, 9.17) is 49.3 Å². The maximum absolute atomic E-state index is 13.2. The third-order valence-corrected chi connectivity index (χ3v) is 12.3. The van der Waals surface area contributed by atoms with Gasteiger partial charge in [0, 0.05) is 53.6 Å². The monoisotopic (exact) mass is 839 g/mol. The lowest BCUT2D eigenvalue weighted by molar-refractivity contribution is -0.123. The van der Waals surface area contributed by atoms with Crippen LogP contribution in [0.2, 0.25) is 15.1 Å². The molecule has 2 amide bonds. The van der Waals surface area contributed by atoms with E-state index in [2.05, 4.69) is 44.7 Å². The summed E-state index contributed by atoms with van der Waals surface area (Å²) in [7, 11) is 0. The maximum atomic E-state index is 13.2. The number of halogens is 3. The third-order valence-electron chi connectivity index (χ3n) is 10.1. The van der Waals surface area contributed by atoms with Crippen LogP contribution in [0, 0.1) is 26.7 Å². The highest BCUT2D eigenvalue weighted by Crippen LogP contribution is 2.39. The smallest absolute Gasteiger partial charge is 0.229 e. The van der Waals surface area contributed by atoms with Crippen molar-refractivity contribution in [3.63, 3.8) is 0 Å². The molecule has 1 fully saturated rings. The van der Waals surface area contributed by atoms with E-state index in [1.165, 1.54) is 4.88 Å². The number of aliphatic imine (C=N–C) groups is 1. The number of hydrogen-bond acceptors (Lipinski definition) is 11. The number of aryl methyl sites for hydroxylation is 2. The van der Waals surface area contributed by atoms with Crippen molar-refractivity contribution >= 4 is 75.2 Å². The van der Waals surface area contributed by atoms with Crippen molar-refractivity contribution in [2.45, 2.75) is 46.1 Å². The first-order valence-corrected chi connectivity index (χ1v) is 20.6. The van der Waals surface area contributed by atoms with E-state index in [9.17, 15) is 9.59 Å². The molecule has 2 atom stereocenters. The zero-order valence-corrected chi connectivity index (χ0v) is 34.6. The van der Waals surface area contributed by atoms with E-state index in [-0.39, 0.29) is 24.2 Å². The van der Waals surface area contributed by atoms with Crippen LogP contribution in [0.5, 0.6) is 0 Å². The Morgan fingerprint density at radius 3 is 2.52 bits per heavy atom. The molecule has 3 aliphatic heterocycles. The zero-order chi connectivity index (χ0) is 39.3. The summed E-state index contributed by atoms with van der Waals surface area (Å²) in [6.45, 7) is 11.1. The number of benzene rings is 2. The Hall–Kier alpha value is -3.89. The number of aromatic nitrogens is 3. The van der Waals surface area contributed by atoms with Crippen LogP contribution in [0.15, 0.2) is 52.6 Å². The molecular formula is C39H44Cl3N9O4S. The summed E-state index contributed by atoms with van der Waals surface area (Å²) in [6.07, 6.45) is 1.54. The standard InChI is InChI=1S/C39H44Cl3N9O4S/c1-23-24(2)56-39-35(23)36(26-4-6-28(40)7-5-26)44-32(37-47-46-25(3)51(37)39)21-34(52)43-12-16-54-18-19-55-17-15-49-13-10-27(22-49)38(53)45-33-11-14-50(48-33)29-8-9-30(41)31(42)20-29/h4-9,20,27,32H,10-19,21-22H2,1-3H3,(H,43,52)(H,45,48,53)/t27-,32+/m1/s1. The van der Waals surface area contributed by atoms with Crippen molar-refractivity contribution in [3.8, 4) is 5.00 Å². The summed E-state index contributed by atoms with van der Waals surface area (Å²) in [6, 6.07) is 12.5. The Morgan fingerprint density at radius 1 is 0.946 bits per heavy atom. The molecule has 13 nitrogen and oxygen atoms in total. The fourth-order valence-corrected chi connectivity index (χ4v) is 8.66. The summed E-state index contributed by atoms with van der Waals surface area (Å²) in [5.74, 6) is 1.78. The summed E-state index contributed by atoms with van der Waals surface area (Å²) in [5.41, 5.74) is 4.73. The Balaban J connectivity index is 0.806. The van der Waals surface area contributed by atoms with Crippen LogP contribution >= 0.6 is 46.1 Å². The van der Waals surface area contributed by atoms with Crippen molar-refractivity contribution in [3.05, 3.63) is 90.7 Å². The third kappa shape index (κ3) is 9.28. The molecule has 0 unspecified atom stereocenters. The molecular weight excluding hydrogens is 797 g/mol. The maximum Gasteiger partial charge on any atom is 0.229 e. The average Bonchev–Trinajstić information content (AvgIpc) is 3.97. The predicted molar refractivity (Wildman–Crippen MR) is 221 cm³/mol. The number of anilines is 1. The van der Waals surface area contributed by atoms with E-state index < -0.39 is 6.04 Å². The van der Waals surface area contributed by atoms with Crippen molar-refractivity contribution in [2.75, 3.05) is 64.2 Å². The Labute approximate surface area is 345 Å². The molecule has 0 radical (unpaired) electrons. The largest absolute Gasteiger partial charge is 0.378 e. The lowest BCUT2D eigenvalue weighted by Gasteiger charge is -2.16. The number of hydrazone groups is 1. The molecule has 0 bridgehead atoms. The number of fused-ring (bicyclic) bond motifs is 3. The first kappa shape index (κ1) is 40.3. The Kier molecular flexibility index (Phi) is 13.1. The molecule has 4 aromatic rings. The number of amides is 2. The number of carbonyl (C=O) groups is 2. The number of nitrogens with zero attached hydrogens (tertiary/aromatic N) is 7. The van der Waals surface area contributed by atoms with Gasteiger partial charge in [-0.25, -0.2) is 0 Å². The van der Waals surface area contributed by atoms with Crippen LogP contribution in [0.1, 0.15) is 58.5 Å². The SMILES string of the molecule is Cc1sc2c(c1C)C(c1ccc(Cl)cc1)=N[C@@H](CC(=O)NCCOCCOCCN1CC[C@@H](C(=O)NC3=NN(c4ccc(Cl)c(Cl)c4)CC3)C1)c1nnc(C)n1-2. The Morgan fingerprint density at radius 2 is 1.73 bits per heavy atom. The highest BCUT2D eigenvalue weighted by atomic mass is 35.5. The van der Waals surface area contributed by atoms with E-state index in [0.717, 1.165) is 58.4 Å². The molecule has 2 N–H and O–H groups in total. The molecule has 0 spiro atoms. The lowest BCUT2D eigenvalue weighted by atomic mass is 9.99. The molecule has 2 aromatic carbocycles. The van der Waals surface area contributed by atoms with E-state index in [0.29, 0.717) is 79.2 Å². The second kappa shape index (κ2) is 18.1. The quantitative estimate of drug-likeness (QED) is 0.141. The predicted octanol–water partition coefficient (Wildman–Crippen LogP) is 6.31. The van der Waals surface area contributed by atoms with Crippen molar-refractivity contribution < 1.29 is 19.1 Å². The van der Waals surface area contributed by atoms with Gasteiger partial charge in [-0.2, -0.15) is 5.10 Å². The second-order valence-electron chi connectivity index (χ2n) is 14.0. The van der Waals surface area contributed by atoms with E-state index in [1.54, 1.807) is 23.5 Å². The topological polar surface area (TPSA) is 139 Å². The number of nitrogens with one attached hydrogen (secondary N) is 2. The Bertz CT molecular complexity index is 2140. The number of carbonyl (C=O) groups excluding carboxylic acids is 2. The van der Waals surface area contributed by atoms with Crippen LogP contribution < -0.4 is 15.6 Å². The van der Waals surface area contributed by atoms with Crippen LogP contribution in [0.25, 0.3) is 5.00 Å². The molecule has 56 heavy (non-hydrogen) atoms. The van der Waals surface area contributed by atoms with Gasteiger partial charge in [-0.15, -0.1) is 21.5 Å². The average molecular weight is 841 g/mol. The molecule has 296 valence electrons. The van der Waals surface area contributed by atoms with Gasteiger partial charge in [-0.3, -0.25) is 24.2 Å². The van der Waals surface area contributed by atoms with Gasteiger partial charge in [-0.1, -0.05) is 46.9 Å². The first-order valence-electron chi connectivity index (χ1n) is 18.7. The molecule has 5 heterocycles. The molecule has 17 heteroatoms. The normalized spacial score (nSPS) is 18.0. The molecule has 3 aliphatic rings. The number of ether oxygens (including phenoxy) is 2. The lowest BCUT2D eigenvalue weighted by Crippen LogP contribution is -2.36. The van der Waals surface area contributed by atoms with Gasteiger partial charge in [0.1, 0.15) is 22.7 Å². The molecule has 0 saturated carbocycles. The highest BCUT2D eigenvalue weighted by Gasteiger charge is 2.33. The minimum atomic E-state index is -0.537. The van der Waals surface area contributed by atoms with Gasteiger partial charge in [0.05, 0.1) is 60.2 Å². The number of rotatable bonds is 14. The molecule has 2 aromatic heterocycles. The molecule has 0 aliphatic carbocycles. The van der Waals surface area contributed by atoms with Gasteiger partial charge in [0.15, 0.2) is 5.82 Å². The van der Waals surface area contributed by atoms with E-state index in [1.807, 2.05) is 46.8 Å². The van der Waals surface area contributed by atoms with Gasteiger partial charge < -0.3 is 25.0 Å². The minimum Gasteiger partial charge on any atom is -0.378 e. The number of hydrogen-bond donors (Lipinski definition) is 2. The van der Waals surface area contributed by atoms with E-state index >= 15 is 0 Å². The second-order valence-corrected chi connectivity index (χ2v) is 16.4. The molecule has 7 rings (SSSR count). The van der Waals surface area contributed by atoms with Crippen molar-refractivity contribution in [2.24, 2.45) is 16.0 Å². The number of amidine groups is 1. The van der Waals surface area contributed by atoms with Gasteiger partial charge in [0.25, 0.3) is 0 Å². The van der Waals surface area contributed by atoms with Crippen LogP contribution in [0.3, 0.4) is 0 Å². The van der Waals surface area contributed by atoms with Gasteiger partial charge in [-0.05, 0) is 69.6 Å². The van der Waals surface area contributed by atoms with Gasteiger partial charge >= 0.3 is 0 Å². The fraction of sp³-hybridized carbons (Fsp3) is 0.436. The van der Waals surface area contributed by atoms with Crippen molar-refractivity contribution in [1.29, 1.82) is 0 Å². The highest BCUT2D eigenvalue weighted by molar-refractivity contribution is 7.15. The number of thiophene rings is 1. The summed E-state index contributed by atoms with van der Waals surface area (Å²) >= 11 is 20.1. The fourth-order valence-electron chi connectivity index (χ4n) is 7.03. The van der Waals surface area contributed by atoms with Crippen LogP contribution in [-0.4, -0.2) is 102 Å². The summed E-state index contributed by atoms with van der Waals surface area (Å²) < 4.78 is 13.6. The van der Waals surface area contributed by atoms with Crippen molar-refractivity contribution in [1.82, 2.24) is 30.3 Å². The minimum absolute atomic E-state index is 0.00586. The van der Waals surface area contributed by atoms with Crippen LogP contribution in [0.4, 0.5) is 5.69 Å². The first-order chi connectivity index (χ1) is 27.0. The summed E-state index contributed by atoms with van der Waals surface area (Å²) in [4.78, 5) is 34.8. The summed E-state index contributed by atoms with van der Waals surface area (Å²) in [5, 5.41) is 23.8. The van der Waals surface area contributed by atoms with Gasteiger partial charge in [0.2, 0.25) is 11.8 Å². The molecule has 1 saturated heterocycles. The zero-order valence-electron chi connectivity index (χ0n) is 31.5. The number of likely N-dealkylation sites (tertiary alicyclic amines) is 1.